The van der Waals surface area contributed by atoms with Crippen LogP contribution in [0.3, 0.4) is 0 Å². The van der Waals surface area contributed by atoms with Gasteiger partial charge in [-0.2, -0.15) is 11.8 Å². The molecule has 0 bridgehead atoms. The number of aliphatic hydroxyl groups excluding tert-OH is 1. The van der Waals surface area contributed by atoms with E-state index in [1.165, 1.54) is 11.8 Å². The average Bonchev–Trinajstić information content (AvgIpc) is 2.67. The first-order valence-corrected chi connectivity index (χ1v) is 10.3. The molecular formula is C16H31N5O6S. The smallest absolute Gasteiger partial charge is 0.326 e. The maximum absolute atomic E-state index is 12.1. The standard InChI is InChI=1S/C16H31N5O6S/c1-28-7-5-10(18)14(24)19-8-13(23)20-12(9-22)15(25)21-11(16(26)27)4-2-3-6-17/h10-12,22H,2-9,17-18H2,1H3,(H,19,24)(H,20,23)(H,21,25)(H,26,27). The summed E-state index contributed by atoms with van der Waals surface area (Å²) in [4.78, 5) is 47.0. The van der Waals surface area contributed by atoms with Crippen molar-refractivity contribution in [1.82, 2.24) is 16.0 Å². The maximum Gasteiger partial charge on any atom is 0.326 e. The zero-order valence-electron chi connectivity index (χ0n) is 16.0. The number of thioether (sulfide) groups is 1. The summed E-state index contributed by atoms with van der Waals surface area (Å²) in [7, 11) is 0. The largest absolute Gasteiger partial charge is 0.480 e. The Hall–Kier alpha value is -1.89. The Morgan fingerprint density at radius 3 is 2.25 bits per heavy atom. The van der Waals surface area contributed by atoms with Crippen molar-refractivity contribution in [2.45, 2.75) is 43.8 Å². The van der Waals surface area contributed by atoms with Gasteiger partial charge in [-0.25, -0.2) is 4.79 Å². The van der Waals surface area contributed by atoms with E-state index < -0.39 is 55.0 Å². The number of nitrogens with two attached hydrogens (primary N) is 2. The number of rotatable bonds is 15. The molecule has 0 spiro atoms. The number of hydrogen-bond donors (Lipinski definition) is 7. The van der Waals surface area contributed by atoms with Gasteiger partial charge in [-0.3, -0.25) is 14.4 Å². The summed E-state index contributed by atoms with van der Waals surface area (Å²) in [6.07, 6.45) is 3.63. The minimum Gasteiger partial charge on any atom is -0.480 e. The van der Waals surface area contributed by atoms with Gasteiger partial charge in [0.1, 0.15) is 12.1 Å². The van der Waals surface area contributed by atoms with E-state index in [1.54, 1.807) is 0 Å². The summed E-state index contributed by atoms with van der Waals surface area (Å²) >= 11 is 1.54. The molecule has 11 nitrogen and oxygen atoms in total. The van der Waals surface area contributed by atoms with Crippen LogP contribution in [-0.4, -0.2) is 83.7 Å². The first kappa shape index (κ1) is 26.1. The fourth-order valence-electron chi connectivity index (χ4n) is 2.14. The lowest BCUT2D eigenvalue weighted by molar-refractivity contribution is -0.142. The van der Waals surface area contributed by atoms with E-state index in [0.29, 0.717) is 31.6 Å². The van der Waals surface area contributed by atoms with Crippen molar-refractivity contribution in [2.24, 2.45) is 11.5 Å². The Labute approximate surface area is 168 Å². The highest BCUT2D eigenvalue weighted by Gasteiger charge is 2.26. The van der Waals surface area contributed by atoms with E-state index in [2.05, 4.69) is 16.0 Å². The second-order valence-electron chi connectivity index (χ2n) is 6.09. The number of aliphatic carboxylic acids is 1. The number of carboxylic acid groups (broad SMARTS) is 1. The third kappa shape index (κ3) is 11.1. The molecule has 0 aromatic rings. The second kappa shape index (κ2) is 15.1. The summed E-state index contributed by atoms with van der Waals surface area (Å²) in [5, 5.41) is 25.3. The van der Waals surface area contributed by atoms with Gasteiger partial charge in [-0.15, -0.1) is 0 Å². The van der Waals surface area contributed by atoms with Crippen LogP contribution in [0.5, 0.6) is 0 Å². The number of aliphatic hydroxyl groups is 1. The van der Waals surface area contributed by atoms with Crippen LogP contribution in [0.1, 0.15) is 25.7 Å². The molecule has 0 aliphatic carbocycles. The van der Waals surface area contributed by atoms with Gasteiger partial charge < -0.3 is 37.6 Å². The van der Waals surface area contributed by atoms with E-state index in [1.807, 2.05) is 6.26 Å². The molecule has 28 heavy (non-hydrogen) atoms. The van der Waals surface area contributed by atoms with Gasteiger partial charge in [0.2, 0.25) is 17.7 Å². The molecular weight excluding hydrogens is 390 g/mol. The van der Waals surface area contributed by atoms with Gasteiger partial charge in [0.15, 0.2) is 0 Å². The van der Waals surface area contributed by atoms with Crippen molar-refractivity contribution < 1.29 is 29.4 Å². The first-order valence-electron chi connectivity index (χ1n) is 8.92. The molecule has 0 aromatic carbocycles. The fraction of sp³-hybridized carbons (Fsp3) is 0.750. The quantitative estimate of drug-likeness (QED) is 0.138. The molecule has 0 fully saturated rings. The van der Waals surface area contributed by atoms with Crippen LogP contribution in [0.4, 0.5) is 0 Å². The molecule has 0 aliphatic rings. The number of nitrogens with one attached hydrogen (secondary N) is 3. The number of unbranched alkanes of at least 4 members (excludes halogenated alkanes) is 1. The van der Waals surface area contributed by atoms with E-state index in [-0.39, 0.29) is 6.42 Å². The number of carboxylic acids is 1. The molecule has 12 heteroatoms. The van der Waals surface area contributed by atoms with Crippen molar-refractivity contribution in [3.05, 3.63) is 0 Å². The maximum atomic E-state index is 12.1. The Morgan fingerprint density at radius 1 is 1.04 bits per heavy atom. The molecule has 3 unspecified atom stereocenters. The van der Waals surface area contributed by atoms with Gasteiger partial charge in [0, 0.05) is 0 Å². The number of amides is 3. The van der Waals surface area contributed by atoms with Gasteiger partial charge in [-0.1, -0.05) is 0 Å². The number of carbonyl (C=O) groups is 4. The van der Waals surface area contributed by atoms with Gasteiger partial charge >= 0.3 is 5.97 Å². The fourth-order valence-corrected chi connectivity index (χ4v) is 2.63. The Bertz CT molecular complexity index is 522. The average molecular weight is 422 g/mol. The highest BCUT2D eigenvalue weighted by Crippen LogP contribution is 2.02. The van der Waals surface area contributed by atoms with Crippen molar-refractivity contribution in [3.63, 3.8) is 0 Å². The van der Waals surface area contributed by atoms with E-state index in [4.69, 9.17) is 16.6 Å². The minimum absolute atomic E-state index is 0.175. The van der Waals surface area contributed by atoms with Crippen LogP contribution < -0.4 is 27.4 Å². The predicted octanol–water partition coefficient (Wildman–Crippen LogP) is -2.64. The molecule has 9 N–H and O–H groups in total. The molecule has 0 rings (SSSR count). The highest BCUT2D eigenvalue weighted by molar-refractivity contribution is 7.98. The summed E-state index contributed by atoms with van der Waals surface area (Å²) in [5.74, 6) is -2.57. The summed E-state index contributed by atoms with van der Waals surface area (Å²) in [5.41, 5.74) is 11.0. The first-order chi connectivity index (χ1) is 13.3. The SMILES string of the molecule is CSCCC(N)C(=O)NCC(=O)NC(CO)C(=O)NC(CCCCN)C(=O)O. The van der Waals surface area contributed by atoms with Crippen molar-refractivity contribution in [2.75, 3.05) is 31.7 Å². The zero-order valence-corrected chi connectivity index (χ0v) is 16.8. The van der Waals surface area contributed by atoms with Crippen LogP contribution >= 0.6 is 11.8 Å². The number of carbonyl (C=O) groups excluding carboxylic acids is 3. The Balaban J connectivity index is 4.52. The van der Waals surface area contributed by atoms with Crippen LogP contribution in [-0.2, 0) is 19.2 Å². The normalized spacial score (nSPS) is 13.9. The van der Waals surface area contributed by atoms with Crippen molar-refractivity contribution >= 4 is 35.5 Å². The van der Waals surface area contributed by atoms with Gasteiger partial charge in [0.05, 0.1) is 19.2 Å². The molecule has 162 valence electrons. The topological polar surface area (TPSA) is 197 Å². The second-order valence-corrected chi connectivity index (χ2v) is 7.08. The van der Waals surface area contributed by atoms with Gasteiger partial charge in [-0.05, 0) is 44.2 Å². The van der Waals surface area contributed by atoms with Crippen molar-refractivity contribution in [1.29, 1.82) is 0 Å². The number of hydrogen-bond acceptors (Lipinski definition) is 8. The van der Waals surface area contributed by atoms with Crippen LogP contribution in [0, 0.1) is 0 Å². The highest BCUT2D eigenvalue weighted by atomic mass is 32.2. The third-order valence-corrected chi connectivity index (χ3v) is 4.43. The monoisotopic (exact) mass is 421 g/mol. The molecule has 0 saturated carbocycles. The molecule has 3 atom stereocenters. The molecule has 3 amide bonds. The predicted molar refractivity (Wildman–Crippen MR) is 105 cm³/mol. The lowest BCUT2D eigenvalue weighted by Gasteiger charge is -2.20. The molecule has 0 aliphatic heterocycles. The van der Waals surface area contributed by atoms with Crippen LogP contribution in [0.2, 0.25) is 0 Å². The van der Waals surface area contributed by atoms with E-state index >= 15 is 0 Å². The lowest BCUT2D eigenvalue weighted by Crippen LogP contribution is -2.55. The van der Waals surface area contributed by atoms with E-state index in [9.17, 15) is 24.3 Å². The summed E-state index contributed by atoms with van der Waals surface area (Å²) in [6, 6.07) is -3.24. The third-order valence-electron chi connectivity index (χ3n) is 3.79. The molecule has 0 aromatic heterocycles. The van der Waals surface area contributed by atoms with Gasteiger partial charge in [0.25, 0.3) is 0 Å². The molecule has 0 radical (unpaired) electrons. The Kier molecular flexibility index (Phi) is 14.1. The molecule has 0 heterocycles. The zero-order chi connectivity index (χ0) is 21.5. The minimum atomic E-state index is -1.34. The summed E-state index contributed by atoms with van der Waals surface area (Å²) < 4.78 is 0. The van der Waals surface area contributed by atoms with E-state index in [0.717, 1.165) is 0 Å². The Morgan fingerprint density at radius 2 is 1.71 bits per heavy atom. The lowest BCUT2D eigenvalue weighted by atomic mass is 10.1. The molecule has 0 saturated heterocycles. The van der Waals surface area contributed by atoms with Crippen LogP contribution in [0.15, 0.2) is 0 Å². The summed E-state index contributed by atoms with van der Waals surface area (Å²) in [6.45, 7) is -0.745. The van der Waals surface area contributed by atoms with Crippen molar-refractivity contribution in [3.8, 4) is 0 Å². The van der Waals surface area contributed by atoms with Crippen LogP contribution in [0.25, 0.3) is 0 Å².